The van der Waals surface area contributed by atoms with Gasteiger partial charge in [0.25, 0.3) is 0 Å². The maximum absolute atomic E-state index is 5.77. The van der Waals surface area contributed by atoms with Crippen molar-refractivity contribution in [1.29, 1.82) is 0 Å². The number of anilines is 1. The first kappa shape index (κ1) is 10.6. The van der Waals surface area contributed by atoms with Crippen LogP contribution < -0.4 is 5.43 Å². The lowest BCUT2D eigenvalue weighted by Gasteiger charge is -1.98. The molecule has 4 heteroatoms. The van der Waals surface area contributed by atoms with Crippen LogP contribution >= 0.6 is 11.6 Å². The van der Waals surface area contributed by atoms with Crippen LogP contribution in [-0.4, -0.2) is 11.2 Å². The van der Waals surface area contributed by atoms with E-state index in [0.717, 1.165) is 11.4 Å². The maximum Gasteiger partial charge on any atom is 0.0830 e. The van der Waals surface area contributed by atoms with Crippen molar-refractivity contribution >= 4 is 23.5 Å². The van der Waals surface area contributed by atoms with E-state index in [-0.39, 0.29) is 0 Å². The SMILES string of the molecule is Clc1ccc(N/N=C/c2ccccn2)cc1. The molecule has 0 atom stereocenters. The third-order valence-corrected chi connectivity index (χ3v) is 2.17. The van der Waals surface area contributed by atoms with Gasteiger partial charge in [0.2, 0.25) is 0 Å². The molecule has 1 heterocycles. The summed E-state index contributed by atoms with van der Waals surface area (Å²) in [6, 6.07) is 13.0. The van der Waals surface area contributed by atoms with Gasteiger partial charge in [-0.2, -0.15) is 5.10 Å². The summed E-state index contributed by atoms with van der Waals surface area (Å²) < 4.78 is 0. The van der Waals surface area contributed by atoms with E-state index in [9.17, 15) is 0 Å². The van der Waals surface area contributed by atoms with Gasteiger partial charge in [0.05, 0.1) is 17.6 Å². The third-order valence-electron chi connectivity index (χ3n) is 1.92. The Kier molecular flexibility index (Phi) is 3.51. The van der Waals surface area contributed by atoms with Crippen LogP contribution in [0, 0.1) is 0 Å². The summed E-state index contributed by atoms with van der Waals surface area (Å²) in [5, 5.41) is 4.77. The van der Waals surface area contributed by atoms with E-state index in [0.29, 0.717) is 5.02 Å². The fourth-order valence-electron chi connectivity index (χ4n) is 1.15. The molecule has 3 nitrogen and oxygen atoms in total. The molecule has 0 unspecified atom stereocenters. The van der Waals surface area contributed by atoms with Crippen LogP contribution in [0.15, 0.2) is 53.8 Å². The van der Waals surface area contributed by atoms with Gasteiger partial charge < -0.3 is 0 Å². The molecule has 0 fully saturated rings. The molecular weight excluding hydrogens is 222 g/mol. The van der Waals surface area contributed by atoms with Gasteiger partial charge in [-0.15, -0.1) is 0 Å². The monoisotopic (exact) mass is 231 g/mol. The summed E-state index contributed by atoms with van der Waals surface area (Å²) in [5.74, 6) is 0. The van der Waals surface area contributed by atoms with Gasteiger partial charge >= 0.3 is 0 Å². The molecule has 0 aliphatic heterocycles. The lowest BCUT2D eigenvalue weighted by atomic mass is 10.3. The fourth-order valence-corrected chi connectivity index (χ4v) is 1.28. The summed E-state index contributed by atoms with van der Waals surface area (Å²) in [7, 11) is 0. The molecule has 0 aliphatic rings. The summed E-state index contributed by atoms with van der Waals surface area (Å²) >= 11 is 5.77. The Bertz CT molecular complexity index is 465. The molecule has 2 aromatic rings. The van der Waals surface area contributed by atoms with E-state index in [1.54, 1.807) is 24.5 Å². The van der Waals surface area contributed by atoms with E-state index in [4.69, 9.17) is 11.6 Å². The Balaban J connectivity index is 1.97. The maximum atomic E-state index is 5.77. The molecule has 16 heavy (non-hydrogen) atoms. The Morgan fingerprint density at radius 3 is 2.62 bits per heavy atom. The minimum Gasteiger partial charge on any atom is -0.278 e. The van der Waals surface area contributed by atoms with E-state index in [2.05, 4.69) is 15.5 Å². The number of hydrogen-bond donors (Lipinski definition) is 1. The van der Waals surface area contributed by atoms with Crippen molar-refractivity contribution in [2.24, 2.45) is 5.10 Å². The number of aromatic nitrogens is 1. The van der Waals surface area contributed by atoms with Crippen molar-refractivity contribution < 1.29 is 0 Å². The molecular formula is C12H10ClN3. The molecule has 1 aromatic heterocycles. The molecule has 0 aliphatic carbocycles. The van der Waals surface area contributed by atoms with Crippen molar-refractivity contribution in [2.75, 3.05) is 5.43 Å². The molecule has 0 saturated heterocycles. The number of halogens is 1. The second-order valence-corrected chi connectivity index (χ2v) is 3.57. The van der Waals surface area contributed by atoms with Gasteiger partial charge in [0, 0.05) is 11.2 Å². The van der Waals surface area contributed by atoms with Crippen LogP contribution in [0.1, 0.15) is 5.69 Å². The fraction of sp³-hybridized carbons (Fsp3) is 0. The number of nitrogens with one attached hydrogen (secondary N) is 1. The molecule has 0 spiro atoms. The molecule has 1 N–H and O–H groups in total. The Hall–Kier alpha value is -1.87. The minimum absolute atomic E-state index is 0.708. The summed E-state index contributed by atoms with van der Waals surface area (Å²) in [6.45, 7) is 0. The number of hydrogen-bond acceptors (Lipinski definition) is 3. The van der Waals surface area contributed by atoms with E-state index >= 15 is 0 Å². The second kappa shape index (κ2) is 5.28. The Labute approximate surface area is 98.8 Å². The van der Waals surface area contributed by atoms with Gasteiger partial charge in [-0.05, 0) is 36.4 Å². The largest absolute Gasteiger partial charge is 0.278 e. The van der Waals surface area contributed by atoms with Crippen LogP contribution in [0.4, 0.5) is 5.69 Å². The second-order valence-electron chi connectivity index (χ2n) is 3.13. The number of rotatable bonds is 3. The molecule has 1 aromatic carbocycles. The quantitative estimate of drug-likeness (QED) is 0.651. The van der Waals surface area contributed by atoms with Crippen LogP contribution in [0.3, 0.4) is 0 Å². The molecule has 0 saturated carbocycles. The van der Waals surface area contributed by atoms with E-state index in [1.807, 2.05) is 30.3 Å². The first-order valence-electron chi connectivity index (χ1n) is 4.80. The molecule has 0 radical (unpaired) electrons. The smallest absolute Gasteiger partial charge is 0.0830 e. The first-order valence-corrected chi connectivity index (χ1v) is 5.18. The normalized spacial score (nSPS) is 10.6. The number of nitrogens with zero attached hydrogens (tertiary/aromatic N) is 2. The highest BCUT2D eigenvalue weighted by atomic mass is 35.5. The lowest BCUT2D eigenvalue weighted by Crippen LogP contribution is -1.91. The molecule has 0 amide bonds. The van der Waals surface area contributed by atoms with Gasteiger partial charge in [-0.25, -0.2) is 0 Å². The Morgan fingerprint density at radius 2 is 1.94 bits per heavy atom. The highest BCUT2D eigenvalue weighted by Gasteiger charge is 1.89. The predicted octanol–water partition coefficient (Wildman–Crippen LogP) is 3.18. The zero-order valence-corrected chi connectivity index (χ0v) is 9.22. The van der Waals surface area contributed by atoms with Crippen molar-refractivity contribution in [3.63, 3.8) is 0 Å². The standard InChI is InChI=1S/C12H10ClN3/c13-10-4-6-11(7-5-10)16-15-9-12-3-1-2-8-14-12/h1-9,16H/b15-9+. The van der Waals surface area contributed by atoms with Crippen molar-refractivity contribution in [1.82, 2.24) is 4.98 Å². The van der Waals surface area contributed by atoms with Gasteiger partial charge in [-0.1, -0.05) is 17.7 Å². The van der Waals surface area contributed by atoms with Crippen LogP contribution in [0.2, 0.25) is 5.02 Å². The van der Waals surface area contributed by atoms with Gasteiger partial charge in [0.1, 0.15) is 0 Å². The topological polar surface area (TPSA) is 37.3 Å². The summed E-state index contributed by atoms with van der Waals surface area (Å²) in [4.78, 5) is 4.11. The predicted molar refractivity (Wildman–Crippen MR) is 66.9 cm³/mol. The highest BCUT2D eigenvalue weighted by Crippen LogP contribution is 2.12. The van der Waals surface area contributed by atoms with Gasteiger partial charge in [0.15, 0.2) is 0 Å². The number of benzene rings is 1. The average molecular weight is 232 g/mol. The van der Waals surface area contributed by atoms with Crippen molar-refractivity contribution in [3.05, 3.63) is 59.4 Å². The minimum atomic E-state index is 0.708. The molecule has 80 valence electrons. The molecule has 2 rings (SSSR count). The third kappa shape index (κ3) is 3.07. The number of hydrazone groups is 1. The van der Waals surface area contributed by atoms with Crippen LogP contribution in [0.25, 0.3) is 0 Å². The first-order chi connectivity index (χ1) is 7.84. The van der Waals surface area contributed by atoms with Gasteiger partial charge in [-0.3, -0.25) is 10.4 Å². The summed E-state index contributed by atoms with van der Waals surface area (Å²) in [6.07, 6.45) is 3.39. The zero-order valence-electron chi connectivity index (χ0n) is 8.47. The van der Waals surface area contributed by atoms with Crippen molar-refractivity contribution in [2.45, 2.75) is 0 Å². The van der Waals surface area contributed by atoms with E-state index < -0.39 is 0 Å². The molecule has 0 bridgehead atoms. The van der Waals surface area contributed by atoms with Crippen LogP contribution in [-0.2, 0) is 0 Å². The number of pyridine rings is 1. The van der Waals surface area contributed by atoms with Crippen molar-refractivity contribution in [3.8, 4) is 0 Å². The lowest BCUT2D eigenvalue weighted by molar-refractivity contribution is 1.28. The van der Waals surface area contributed by atoms with Crippen LogP contribution in [0.5, 0.6) is 0 Å². The zero-order chi connectivity index (χ0) is 11.2. The Morgan fingerprint density at radius 1 is 1.12 bits per heavy atom. The van der Waals surface area contributed by atoms with E-state index in [1.165, 1.54) is 0 Å². The highest BCUT2D eigenvalue weighted by molar-refractivity contribution is 6.30. The summed E-state index contributed by atoms with van der Waals surface area (Å²) in [5.41, 5.74) is 4.59. The average Bonchev–Trinajstić information content (AvgIpc) is 2.33.